The number of carbonyl (C=O) groups is 2. The maximum Gasteiger partial charge on any atom is 0.337 e. The molecule has 1 rings (SSSR count). The highest BCUT2D eigenvalue weighted by molar-refractivity contribution is 9.10. The summed E-state index contributed by atoms with van der Waals surface area (Å²) in [4.78, 5) is 23.2. The van der Waals surface area contributed by atoms with Gasteiger partial charge in [0.05, 0.1) is 11.3 Å². The number of benzene rings is 1. The second-order valence-electron chi connectivity index (χ2n) is 6.62. The van der Waals surface area contributed by atoms with Gasteiger partial charge in [-0.15, -0.1) is 0 Å². The number of carboxylic acid groups (broad SMARTS) is 1. The third kappa shape index (κ3) is 6.29. The van der Waals surface area contributed by atoms with Crippen LogP contribution in [-0.4, -0.2) is 17.0 Å². The van der Waals surface area contributed by atoms with Gasteiger partial charge < -0.3 is 10.4 Å². The van der Waals surface area contributed by atoms with E-state index in [9.17, 15) is 9.59 Å². The van der Waals surface area contributed by atoms with Crippen molar-refractivity contribution in [2.45, 2.75) is 40.5 Å². The lowest BCUT2D eigenvalue weighted by molar-refractivity contribution is -0.117. The number of carbonyl (C=O) groups excluding carboxylic acids is 1. The van der Waals surface area contributed by atoms with Gasteiger partial charge in [0.1, 0.15) is 0 Å². The molecule has 1 aromatic rings. The summed E-state index contributed by atoms with van der Waals surface area (Å²) in [6, 6.07) is 4.79. The average molecular weight is 356 g/mol. The Morgan fingerprint density at radius 1 is 1.33 bits per heavy atom. The van der Waals surface area contributed by atoms with Gasteiger partial charge in [0.25, 0.3) is 0 Å². The third-order valence-corrected chi connectivity index (χ3v) is 3.47. The fourth-order valence-electron chi connectivity index (χ4n) is 2.44. The summed E-state index contributed by atoms with van der Waals surface area (Å²) < 4.78 is 0.666. The summed E-state index contributed by atoms with van der Waals surface area (Å²) >= 11 is 3.23. The van der Waals surface area contributed by atoms with Crippen LogP contribution in [0.3, 0.4) is 0 Å². The van der Waals surface area contributed by atoms with E-state index in [1.807, 2.05) is 6.92 Å². The van der Waals surface area contributed by atoms with E-state index in [4.69, 9.17) is 5.11 Å². The van der Waals surface area contributed by atoms with Crippen molar-refractivity contribution in [3.63, 3.8) is 0 Å². The van der Waals surface area contributed by atoms with Crippen molar-refractivity contribution in [1.29, 1.82) is 0 Å². The van der Waals surface area contributed by atoms with Gasteiger partial charge in [-0.2, -0.15) is 0 Å². The molecule has 0 radical (unpaired) electrons. The molecule has 0 aliphatic rings. The second kappa shape index (κ2) is 7.07. The van der Waals surface area contributed by atoms with Crippen molar-refractivity contribution in [2.75, 3.05) is 5.32 Å². The van der Waals surface area contributed by atoms with Crippen molar-refractivity contribution in [3.05, 3.63) is 28.2 Å². The monoisotopic (exact) mass is 355 g/mol. The topological polar surface area (TPSA) is 66.4 Å². The van der Waals surface area contributed by atoms with Crippen LogP contribution >= 0.6 is 15.9 Å². The summed E-state index contributed by atoms with van der Waals surface area (Å²) in [7, 11) is 0. The zero-order valence-corrected chi connectivity index (χ0v) is 14.5. The van der Waals surface area contributed by atoms with Crippen LogP contribution in [0, 0.1) is 11.3 Å². The lowest BCUT2D eigenvalue weighted by atomic mass is 9.84. The second-order valence-corrected chi connectivity index (χ2v) is 7.53. The molecule has 2 N–H and O–H groups in total. The van der Waals surface area contributed by atoms with Gasteiger partial charge in [0.2, 0.25) is 5.91 Å². The van der Waals surface area contributed by atoms with Crippen molar-refractivity contribution < 1.29 is 14.7 Å². The summed E-state index contributed by atoms with van der Waals surface area (Å²) in [5.41, 5.74) is 0.587. The van der Waals surface area contributed by atoms with Gasteiger partial charge in [-0.3, -0.25) is 4.79 Å². The van der Waals surface area contributed by atoms with E-state index >= 15 is 0 Å². The van der Waals surface area contributed by atoms with Gasteiger partial charge in [-0.25, -0.2) is 4.79 Å². The molecule has 5 heteroatoms. The Morgan fingerprint density at radius 2 is 1.95 bits per heavy atom. The zero-order chi connectivity index (χ0) is 16.2. The molecule has 0 saturated carbocycles. The third-order valence-electron chi connectivity index (χ3n) is 2.98. The van der Waals surface area contributed by atoms with E-state index < -0.39 is 5.97 Å². The van der Waals surface area contributed by atoms with E-state index in [1.54, 1.807) is 12.1 Å². The van der Waals surface area contributed by atoms with Gasteiger partial charge in [0, 0.05) is 10.9 Å². The van der Waals surface area contributed by atoms with Crippen LogP contribution in [0.25, 0.3) is 0 Å². The molecule has 0 spiro atoms. The molecule has 116 valence electrons. The molecule has 1 unspecified atom stereocenters. The number of nitrogens with one attached hydrogen (secondary N) is 1. The lowest BCUT2D eigenvalue weighted by Gasteiger charge is -2.22. The molecule has 0 bridgehead atoms. The molecule has 4 nitrogen and oxygen atoms in total. The Morgan fingerprint density at radius 3 is 2.48 bits per heavy atom. The first-order valence-electron chi connectivity index (χ1n) is 6.91. The number of hydrogen-bond donors (Lipinski definition) is 2. The molecule has 0 fully saturated rings. The van der Waals surface area contributed by atoms with Crippen molar-refractivity contribution in [2.24, 2.45) is 11.3 Å². The minimum absolute atomic E-state index is 0.0844. The first kappa shape index (κ1) is 17.7. The highest BCUT2D eigenvalue weighted by Crippen LogP contribution is 2.27. The number of halogens is 1. The highest BCUT2D eigenvalue weighted by Gasteiger charge is 2.19. The van der Waals surface area contributed by atoms with Crippen molar-refractivity contribution >= 4 is 33.5 Å². The SMILES string of the molecule is CC(CC(=O)Nc1ccc(Br)cc1C(=O)O)CC(C)(C)C. The first-order chi connectivity index (χ1) is 9.58. The van der Waals surface area contributed by atoms with Crippen LogP contribution in [0.2, 0.25) is 0 Å². The fourth-order valence-corrected chi connectivity index (χ4v) is 2.80. The van der Waals surface area contributed by atoms with Crippen LogP contribution in [0.1, 0.15) is 50.9 Å². The van der Waals surface area contributed by atoms with Crippen LogP contribution in [0.15, 0.2) is 22.7 Å². The Bertz CT molecular complexity index is 535. The maximum absolute atomic E-state index is 12.1. The molecule has 0 aliphatic heterocycles. The fraction of sp³-hybridized carbons (Fsp3) is 0.500. The number of anilines is 1. The highest BCUT2D eigenvalue weighted by atomic mass is 79.9. The number of carboxylic acids is 1. The van der Waals surface area contributed by atoms with Gasteiger partial charge >= 0.3 is 5.97 Å². The molecule has 0 aliphatic carbocycles. The predicted octanol–water partition coefficient (Wildman–Crippen LogP) is 4.55. The van der Waals surface area contributed by atoms with E-state index in [2.05, 4.69) is 42.0 Å². The Labute approximate surface area is 134 Å². The molecule has 21 heavy (non-hydrogen) atoms. The standard InChI is InChI=1S/C16H22BrNO3/c1-10(9-16(2,3)4)7-14(19)18-13-6-5-11(17)8-12(13)15(20)21/h5-6,8,10H,7,9H2,1-4H3,(H,18,19)(H,20,21). The molecule has 0 heterocycles. The summed E-state index contributed by atoms with van der Waals surface area (Å²) in [6.07, 6.45) is 1.32. The molecular formula is C16H22BrNO3. The molecule has 1 atom stereocenters. The number of hydrogen-bond acceptors (Lipinski definition) is 2. The quantitative estimate of drug-likeness (QED) is 0.814. The van der Waals surface area contributed by atoms with E-state index in [1.165, 1.54) is 6.07 Å². The molecule has 1 aromatic carbocycles. The largest absolute Gasteiger partial charge is 0.478 e. The van der Waals surface area contributed by atoms with E-state index in [-0.39, 0.29) is 22.8 Å². The van der Waals surface area contributed by atoms with Crippen molar-refractivity contribution in [3.8, 4) is 0 Å². The maximum atomic E-state index is 12.1. The first-order valence-corrected chi connectivity index (χ1v) is 7.70. The van der Waals surface area contributed by atoms with Crippen LogP contribution in [0.4, 0.5) is 5.69 Å². The molecule has 0 saturated heterocycles. The summed E-state index contributed by atoms with van der Waals surface area (Å²) in [5.74, 6) is -0.973. The van der Waals surface area contributed by atoms with E-state index in [0.717, 1.165) is 6.42 Å². The van der Waals surface area contributed by atoms with Crippen molar-refractivity contribution in [1.82, 2.24) is 0 Å². The number of amides is 1. The van der Waals surface area contributed by atoms with Gasteiger partial charge in [-0.1, -0.05) is 43.6 Å². The number of aromatic carboxylic acids is 1. The Hall–Kier alpha value is -1.36. The van der Waals surface area contributed by atoms with Gasteiger partial charge in [-0.05, 0) is 36.0 Å². The molecule has 1 amide bonds. The minimum atomic E-state index is -1.06. The summed E-state index contributed by atoms with van der Waals surface area (Å²) in [6.45, 7) is 8.44. The normalized spacial score (nSPS) is 12.8. The molecule has 0 aromatic heterocycles. The zero-order valence-electron chi connectivity index (χ0n) is 12.9. The minimum Gasteiger partial charge on any atom is -0.478 e. The van der Waals surface area contributed by atoms with Crippen LogP contribution in [0.5, 0.6) is 0 Å². The lowest BCUT2D eigenvalue weighted by Crippen LogP contribution is -2.20. The Kier molecular flexibility index (Phi) is 5.96. The summed E-state index contributed by atoms with van der Waals surface area (Å²) in [5, 5.41) is 11.9. The number of rotatable bonds is 5. The predicted molar refractivity (Wildman–Crippen MR) is 87.6 cm³/mol. The van der Waals surface area contributed by atoms with Gasteiger partial charge in [0.15, 0.2) is 0 Å². The van der Waals surface area contributed by atoms with Crippen LogP contribution in [-0.2, 0) is 4.79 Å². The van der Waals surface area contributed by atoms with E-state index in [0.29, 0.717) is 16.6 Å². The van der Waals surface area contributed by atoms with Crippen LogP contribution < -0.4 is 5.32 Å². The Balaban J connectivity index is 2.73. The average Bonchev–Trinajstić information content (AvgIpc) is 2.28. The smallest absolute Gasteiger partial charge is 0.337 e. The molecular weight excluding hydrogens is 334 g/mol.